The Bertz CT molecular complexity index is 286. The van der Waals surface area contributed by atoms with Gasteiger partial charge in [0.25, 0.3) is 7.52 Å². The molecule has 0 bridgehead atoms. The van der Waals surface area contributed by atoms with E-state index < -0.39 is 7.52 Å². The minimum Gasteiger partial charge on any atom is -0.379 e. The second-order valence-electron chi connectivity index (χ2n) is 4.82. The predicted octanol–water partition coefficient (Wildman–Crippen LogP) is 1.25. The molecular weight excluding hydrogens is 239 g/mol. The van der Waals surface area contributed by atoms with Crippen LogP contribution in [0.2, 0.25) is 0 Å². The Kier molecular flexibility index (Phi) is 4.61. The molecule has 0 saturated carbocycles. The van der Waals surface area contributed by atoms with Gasteiger partial charge in [0, 0.05) is 46.0 Å². The molecule has 2 heterocycles. The van der Waals surface area contributed by atoms with Gasteiger partial charge in [-0.15, -0.1) is 0 Å². The molecule has 0 radical (unpaired) electrons. The third kappa shape index (κ3) is 3.30. The molecule has 6 heteroatoms. The van der Waals surface area contributed by atoms with E-state index in [0.29, 0.717) is 6.04 Å². The smallest absolute Gasteiger partial charge is 0.269 e. The molecule has 0 N–H and O–H groups in total. The fourth-order valence-corrected chi connectivity index (χ4v) is 3.83. The number of piperidine rings is 1. The standard InChI is InChI=1S/C11H23N2O3P/c1-15-17(2,14)13-5-3-11(4-6-13)12-7-9-16-10-8-12/h11H,3-10H2,1-2H3. The number of hydrogen-bond donors (Lipinski definition) is 0. The predicted molar refractivity (Wildman–Crippen MR) is 67.5 cm³/mol. The van der Waals surface area contributed by atoms with Gasteiger partial charge in [0.2, 0.25) is 0 Å². The lowest BCUT2D eigenvalue weighted by molar-refractivity contribution is 0.00542. The zero-order valence-corrected chi connectivity index (χ0v) is 11.7. The molecule has 100 valence electrons. The van der Waals surface area contributed by atoms with Crippen molar-refractivity contribution in [1.29, 1.82) is 0 Å². The van der Waals surface area contributed by atoms with Gasteiger partial charge in [-0.25, -0.2) is 4.67 Å². The number of morpholine rings is 1. The average molecular weight is 262 g/mol. The van der Waals surface area contributed by atoms with Crippen LogP contribution in [0, 0.1) is 0 Å². The lowest BCUT2D eigenvalue weighted by Crippen LogP contribution is -2.48. The highest BCUT2D eigenvalue weighted by Gasteiger charge is 2.32. The topological polar surface area (TPSA) is 42.0 Å². The van der Waals surface area contributed by atoms with Gasteiger partial charge < -0.3 is 9.26 Å². The van der Waals surface area contributed by atoms with E-state index >= 15 is 0 Å². The monoisotopic (exact) mass is 262 g/mol. The zero-order chi connectivity index (χ0) is 12.3. The van der Waals surface area contributed by atoms with Gasteiger partial charge >= 0.3 is 0 Å². The van der Waals surface area contributed by atoms with Gasteiger partial charge in [0.05, 0.1) is 13.2 Å². The first-order valence-electron chi connectivity index (χ1n) is 6.34. The summed E-state index contributed by atoms with van der Waals surface area (Å²) < 4.78 is 24.6. The highest BCUT2D eigenvalue weighted by Crippen LogP contribution is 2.47. The molecule has 1 atom stereocenters. The van der Waals surface area contributed by atoms with Gasteiger partial charge in [0.15, 0.2) is 0 Å². The Morgan fingerprint density at radius 3 is 2.29 bits per heavy atom. The van der Waals surface area contributed by atoms with E-state index in [1.165, 1.54) is 7.11 Å². The molecule has 5 nitrogen and oxygen atoms in total. The summed E-state index contributed by atoms with van der Waals surface area (Å²) in [6, 6.07) is 0.631. The fourth-order valence-electron chi connectivity index (χ4n) is 2.64. The Hall–Kier alpha value is 0.0700. The van der Waals surface area contributed by atoms with Crippen molar-refractivity contribution < 1.29 is 13.8 Å². The van der Waals surface area contributed by atoms with Crippen molar-refractivity contribution in [3.05, 3.63) is 0 Å². The van der Waals surface area contributed by atoms with E-state index in [9.17, 15) is 4.57 Å². The molecule has 2 rings (SSSR count). The summed E-state index contributed by atoms with van der Waals surface area (Å²) >= 11 is 0. The molecule has 0 amide bonds. The molecule has 0 aromatic heterocycles. The Morgan fingerprint density at radius 1 is 1.18 bits per heavy atom. The van der Waals surface area contributed by atoms with Gasteiger partial charge in [-0.2, -0.15) is 0 Å². The SMILES string of the molecule is COP(C)(=O)N1CCC(N2CCOCC2)CC1. The number of rotatable bonds is 3. The quantitative estimate of drug-likeness (QED) is 0.716. The summed E-state index contributed by atoms with van der Waals surface area (Å²) in [4.78, 5) is 2.51. The lowest BCUT2D eigenvalue weighted by atomic mass is 10.0. The third-order valence-electron chi connectivity index (χ3n) is 3.86. The van der Waals surface area contributed by atoms with E-state index in [1.54, 1.807) is 6.66 Å². The van der Waals surface area contributed by atoms with Crippen molar-refractivity contribution >= 4 is 7.52 Å². The molecule has 1 unspecified atom stereocenters. The van der Waals surface area contributed by atoms with Crippen LogP contribution in [-0.2, 0) is 13.8 Å². The first-order chi connectivity index (χ1) is 8.13. The van der Waals surface area contributed by atoms with Crippen molar-refractivity contribution in [3.8, 4) is 0 Å². The normalized spacial score (nSPS) is 29.1. The van der Waals surface area contributed by atoms with Crippen molar-refractivity contribution in [2.45, 2.75) is 18.9 Å². The van der Waals surface area contributed by atoms with Crippen LogP contribution in [0.4, 0.5) is 0 Å². The molecule has 2 aliphatic heterocycles. The maximum Gasteiger partial charge on any atom is 0.269 e. The highest BCUT2D eigenvalue weighted by atomic mass is 31.2. The zero-order valence-electron chi connectivity index (χ0n) is 10.8. The van der Waals surface area contributed by atoms with Gasteiger partial charge in [-0.1, -0.05) is 0 Å². The molecule has 2 saturated heterocycles. The fraction of sp³-hybridized carbons (Fsp3) is 1.00. The van der Waals surface area contributed by atoms with Crippen LogP contribution in [-0.4, -0.2) is 68.8 Å². The minimum atomic E-state index is -2.53. The van der Waals surface area contributed by atoms with Crippen molar-refractivity contribution in [3.63, 3.8) is 0 Å². The Labute approximate surface area is 104 Å². The maximum absolute atomic E-state index is 12.1. The summed E-state index contributed by atoms with van der Waals surface area (Å²) in [7, 11) is -0.989. The van der Waals surface area contributed by atoms with Crippen molar-refractivity contribution in [2.75, 3.05) is 53.2 Å². The van der Waals surface area contributed by atoms with Crippen LogP contribution in [0.1, 0.15) is 12.8 Å². The molecule has 2 fully saturated rings. The number of hydrogen-bond acceptors (Lipinski definition) is 4. The first kappa shape index (κ1) is 13.5. The van der Waals surface area contributed by atoms with Crippen molar-refractivity contribution in [1.82, 2.24) is 9.57 Å². The van der Waals surface area contributed by atoms with Crippen LogP contribution in [0.5, 0.6) is 0 Å². The summed E-state index contributed by atoms with van der Waals surface area (Å²) in [5.41, 5.74) is 0. The molecule has 0 aromatic rings. The largest absolute Gasteiger partial charge is 0.379 e. The van der Waals surface area contributed by atoms with Crippen LogP contribution in [0.3, 0.4) is 0 Å². The van der Waals surface area contributed by atoms with Crippen molar-refractivity contribution in [2.24, 2.45) is 0 Å². The summed E-state index contributed by atoms with van der Waals surface area (Å²) in [5, 5.41) is 0. The second kappa shape index (κ2) is 5.81. The molecule has 17 heavy (non-hydrogen) atoms. The second-order valence-corrected chi connectivity index (χ2v) is 7.36. The van der Waals surface area contributed by atoms with Crippen LogP contribution in [0.15, 0.2) is 0 Å². The van der Waals surface area contributed by atoms with E-state index in [-0.39, 0.29) is 0 Å². The summed E-state index contributed by atoms with van der Waals surface area (Å²) in [6.45, 7) is 7.25. The van der Waals surface area contributed by atoms with Crippen LogP contribution < -0.4 is 0 Å². The Morgan fingerprint density at radius 2 is 1.76 bits per heavy atom. The van der Waals surface area contributed by atoms with E-state index in [4.69, 9.17) is 9.26 Å². The van der Waals surface area contributed by atoms with Gasteiger partial charge in [0.1, 0.15) is 0 Å². The molecular formula is C11H23N2O3P. The van der Waals surface area contributed by atoms with Gasteiger partial charge in [-0.05, 0) is 12.8 Å². The lowest BCUT2D eigenvalue weighted by Gasteiger charge is -2.41. The maximum atomic E-state index is 12.1. The third-order valence-corrected chi connectivity index (χ3v) is 5.96. The van der Waals surface area contributed by atoms with E-state index in [1.807, 2.05) is 4.67 Å². The minimum absolute atomic E-state index is 0.631. The molecule has 0 aromatic carbocycles. The average Bonchev–Trinajstić information content (AvgIpc) is 2.40. The summed E-state index contributed by atoms with van der Waals surface area (Å²) in [5.74, 6) is 0. The molecule has 0 spiro atoms. The summed E-state index contributed by atoms with van der Waals surface area (Å²) in [6.07, 6.45) is 2.17. The molecule has 2 aliphatic rings. The van der Waals surface area contributed by atoms with Crippen LogP contribution >= 0.6 is 7.52 Å². The van der Waals surface area contributed by atoms with Crippen LogP contribution in [0.25, 0.3) is 0 Å². The first-order valence-corrected chi connectivity index (χ1v) is 8.36. The highest BCUT2D eigenvalue weighted by molar-refractivity contribution is 7.55. The van der Waals surface area contributed by atoms with E-state index in [2.05, 4.69) is 4.90 Å². The van der Waals surface area contributed by atoms with E-state index in [0.717, 1.165) is 52.2 Å². The number of ether oxygens (including phenoxy) is 1. The number of nitrogens with zero attached hydrogens (tertiary/aromatic N) is 2. The molecule has 0 aliphatic carbocycles. The van der Waals surface area contributed by atoms with Gasteiger partial charge in [-0.3, -0.25) is 9.46 Å². The Balaban J connectivity index is 1.83.